The number of fused-ring (bicyclic) bond motifs is 1. The monoisotopic (exact) mass is 242 g/mol. The molecule has 0 saturated heterocycles. The predicted molar refractivity (Wildman–Crippen MR) is 69.3 cm³/mol. The van der Waals surface area contributed by atoms with Crippen molar-refractivity contribution in [1.29, 1.82) is 0 Å². The van der Waals surface area contributed by atoms with Gasteiger partial charge in [-0.2, -0.15) is 5.21 Å². The Kier molecular flexibility index (Phi) is 3.35. The molecule has 0 atom stereocenters. The second-order valence-electron chi connectivity index (χ2n) is 4.99. The number of nitrogens with one attached hydrogen (secondary N) is 1. The average molecular weight is 242 g/mol. The standard InChI is InChI=1S/C14H18N4/c1-2-6-13-10-11(8-9-12(13)5-1)4-3-7-14-15-17-18-16-14/h8-10H,1-7H2,(H,15,16,17,18). The molecule has 1 aliphatic rings. The van der Waals surface area contributed by atoms with Crippen molar-refractivity contribution in [2.24, 2.45) is 0 Å². The zero-order chi connectivity index (χ0) is 12.2. The lowest BCUT2D eigenvalue weighted by Crippen LogP contribution is -2.03. The first-order valence-corrected chi connectivity index (χ1v) is 6.75. The summed E-state index contributed by atoms with van der Waals surface area (Å²) in [6, 6.07) is 6.99. The lowest BCUT2D eigenvalue weighted by atomic mass is 9.89. The summed E-state index contributed by atoms with van der Waals surface area (Å²) < 4.78 is 0. The Balaban J connectivity index is 1.59. The highest BCUT2D eigenvalue weighted by Crippen LogP contribution is 2.22. The Labute approximate surface area is 107 Å². The number of nitrogens with zero attached hydrogens (tertiary/aromatic N) is 3. The van der Waals surface area contributed by atoms with Crippen molar-refractivity contribution in [2.45, 2.75) is 44.9 Å². The van der Waals surface area contributed by atoms with Gasteiger partial charge in [-0.15, -0.1) is 10.2 Å². The van der Waals surface area contributed by atoms with Crippen LogP contribution in [0.2, 0.25) is 0 Å². The van der Waals surface area contributed by atoms with Crippen LogP contribution in [0, 0.1) is 0 Å². The van der Waals surface area contributed by atoms with Crippen LogP contribution < -0.4 is 0 Å². The normalized spacial score (nSPS) is 14.4. The molecule has 1 aromatic carbocycles. The van der Waals surface area contributed by atoms with Crippen LogP contribution in [0.5, 0.6) is 0 Å². The van der Waals surface area contributed by atoms with E-state index < -0.39 is 0 Å². The first kappa shape index (κ1) is 11.4. The van der Waals surface area contributed by atoms with Gasteiger partial charge in [0.25, 0.3) is 0 Å². The number of aromatic nitrogens is 4. The maximum Gasteiger partial charge on any atom is 0.174 e. The molecule has 0 radical (unpaired) electrons. The van der Waals surface area contributed by atoms with Crippen molar-refractivity contribution in [1.82, 2.24) is 20.6 Å². The smallest absolute Gasteiger partial charge is 0.174 e. The van der Waals surface area contributed by atoms with Crippen molar-refractivity contribution in [3.05, 3.63) is 40.7 Å². The summed E-state index contributed by atoms with van der Waals surface area (Å²) >= 11 is 0. The van der Waals surface area contributed by atoms with Crippen LogP contribution >= 0.6 is 0 Å². The SMILES string of the molecule is c1cc2c(cc1CCCc1nn[nH]n1)CCCC2. The first-order valence-electron chi connectivity index (χ1n) is 6.75. The molecule has 0 unspecified atom stereocenters. The minimum Gasteiger partial charge on any atom is -0.177 e. The molecule has 1 aliphatic carbocycles. The van der Waals surface area contributed by atoms with E-state index in [-0.39, 0.29) is 0 Å². The number of aryl methyl sites for hydroxylation is 4. The summed E-state index contributed by atoms with van der Waals surface area (Å²) in [7, 11) is 0. The van der Waals surface area contributed by atoms with Gasteiger partial charge in [-0.1, -0.05) is 23.4 Å². The molecule has 3 rings (SSSR count). The van der Waals surface area contributed by atoms with E-state index in [9.17, 15) is 0 Å². The van der Waals surface area contributed by atoms with E-state index in [1.165, 1.54) is 31.2 Å². The Morgan fingerprint density at radius 2 is 1.94 bits per heavy atom. The molecular weight excluding hydrogens is 224 g/mol. The van der Waals surface area contributed by atoms with Crippen LogP contribution in [0.15, 0.2) is 18.2 Å². The zero-order valence-corrected chi connectivity index (χ0v) is 10.5. The van der Waals surface area contributed by atoms with Crippen LogP contribution in [-0.4, -0.2) is 20.6 Å². The second kappa shape index (κ2) is 5.29. The average Bonchev–Trinajstić information content (AvgIpc) is 2.92. The third-order valence-corrected chi connectivity index (χ3v) is 3.67. The summed E-state index contributed by atoms with van der Waals surface area (Å²) in [6.07, 6.45) is 8.30. The van der Waals surface area contributed by atoms with E-state index in [1.54, 1.807) is 11.1 Å². The number of rotatable bonds is 4. The maximum absolute atomic E-state index is 3.97. The van der Waals surface area contributed by atoms with Gasteiger partial charge in [0.05, 0.1) is 0 Å². The summed E-state index contributed by atoms with van der Waals surface area (Å²) in [5.74, 6) is 0.813. The van der Waals surface area contributed by atoms with Gasteiger partial charge in [-0.25, -0.2) is 0 Å². The second-order valence-corrected chi connectivity index (χ2v) is 4.99. The molecule has 2 aromatic rings. The molecule has 1 heterocycles. The number of H-pyrrole nitrogens is 1. The highest BCUT2D eigenvalue weighted by Gasteiger charge is 2.09. The van der Waals surface area contributed by atoms with Crippen LogP contribution in [-0.2, 0) is 25.7 Å². The lowest BCUT2D eigenvalue weighted by Gasteiger charge is -2.16. The molecule has 0 spiro atoms. The Morgan fingerprint density at radius 1 is 1.06 bits per heavy atom. The van der Waals surface area contributed by atoms with Crippen molar-refractivity contribution < 1.29 is 0 Å². The van der Waals surface area contributed by atoms with Gasteiger partial charge in [-0.3, -0.25) is 0 Å². The fourth-order valence-corrected chi connectivity index (χ4v) is 2.68. The van der Waals surface area contributed by atoms with Crippen LogP contribution in [0.1, 0.15) is 41.8 Å². The fourth-order valence-electron chi connectivity index (χ4n) is 2.68. The summed E-state index contributed by atoms with van der Waals surface area (Å²) in [5, 5.41) is 14.0. The topological polar surface area (TPSA) is 54.5 Å². The number of aromatic amines is 1. The van der Waals surface area contributed by atoms with Crippen molar-refractivity contribution in [3.63, 3.8) is 0 Å². The van der Waals surface area contributed by atoms with Gasteiger partial charge in [0.15, 0.2) is 5.82 Å². The first-order chi connectivity index (χ1) is 8.92. The molecule has 4 heteroatoms. The van der Waals surface area contributed by atoms with Gasteiger partial charge in [-0.05, 0) is 55.2 Å². The molecule has 94 valence electrons. The largest absolute Gasteiger partial charge is 0.177 e. The van der Waals surface area contributed by atoms with Gasteiger partial charge in [0.1, 0.15) is 0 Å². The molecule has 0 saturated carbocycles. The van der Waals surface area contributed by atoms with Crippen molar-refractivity contribution in [2.75, 3.05) is 0 Å². The third-order valence-electron chi connectivity index (χ3n) is 3.67. The molecule has 0 fully saturated rings. The van der Waals surface area contributed by atoms with Gasteiger partial charge in [0.2, 0.25) is 0 Å². The molecule has 1 N–H and O–H groups in total. The van der Waals surface area contributed by atoms with E-state index in [4.69, 9.17) is 0 Å². The minimum absolute atomic E-state index is 0.813. The Bertz CT molecular complexity index is 505. The molecule has 18 heavy (non-hydrogen) atoms. The number of benzene rings is 1. The number of hydrogen-bond acceptors (Lipinski definition) is 3. The third kappa shape index (κ3) is 2.58. The van der Waals surface area contributed by atoms with Crippen LogP contribution in [0.3, 0.4) is 0 Å². The summed E-state index contributed by atoms with van der Waals surface area (Å²) in [6.45, 7) is 0. The highest BCUT2D eigenvalue weighted by molar-refractivity contribution is 5.33. The quantitative estimate of drug-likeness (QED) is 0.894. The van der Waals surface area contributed by atoms with Gasteiger partial charge in [0, 0.05) is 6.42 Å². The van der Waals surface area contributed by atoms with Crippen LogP contribution in [0.4, 0.5) is 0 Å². The fraction of sp³-hybridized carbons (Fsp3) is 0.500. The Hall–Kier alpha value is -1.71. The molecule has 0 amide bonds. The number of hydrogen-bond donors (Lipinski definition) is 1. The maximum atomic E-state index is 3.97. The zero-order valence-electron chi connectivity index (χ0n) is 10.5. The Morgan fingerprint density at radius 3 is 2.78 bits per heavy atom. The van der Waals surface area contributed by atoms with Crippen molar-refractivity contribution in [3.8, 4) is 0 Å². The lowest BCUT2D eigenvalue weighted by molar-refractivity contribution is 0.682. The molecule has 1 aromatic heterocycles. The predicted octanol–water partition coefficient (Wildman–Crippen LogP) is 2.25. The summed E-state index contributed by atoms with van der Waals surface area (Å²) in [4.78, 5) is 0. The van der Waals surface area contributed by atoms with E-state index in [0.29, 0.717) is 0 Å². The molecule has 0 bridgehead atoms. The minimum atomic E-state index is 0.813. The van der Waals surface area contributed by atoms with E-state index in [0.717, 1.165) is 25.1 Å². The van der Waals surface area contributed by atoms with Crippen LogP contribution in [0.25, 0.3) is 0 Å². The van der Waals surface area contributed by atoms with E-state index in [1.807, 2.05) is 0 Å². The molecular formula is C14H18N4. The summed E-state index contributed by atoms with van der Waals surface area (Å²) in [5.41, 5.74) is 4.57. The highest BCUT2D eigenvalue weighted by atomic mass is 15.5. The van der Waals surface area contributed by atoms with Gasteiger partial charge >= 0.3 is 0 Å². The van der Waals surface area contributed by atoms with Gasteiger partial charge < -0.3 is 0 Å². The molecule has 0 aliphatic heterocycles. The molecule has 4 nitrogen and oxygen atoms in total. The van der Waals surface area contributed by atoms with Crippen molar-refractivity contribution >= 4 is 0 Å². The number of tetrazole rings is 1. The van der Waals surface area contributed by atoms with E-state index in [2.05, 4.69) is 38.8 Å². The van der Waals surface area contributed by atoms with E-state index >= 15 is 0 Å².